The molecule has 1 aliphatic rings. The molecule has 0 bridgehead atoms. The van der Waals surface area contributed by atoms with Gasteiger partial charge in [0.25, 0.3) is 0 Å². The summed E-state index contributed by atoms with van der Waals surface area (Å²) >= 11 is 1.76. The molecule has 2 N–H and O–H groups in total. The van der Waals surface area contributed by atoms with E-state index < -0.39 is 0 Å². The topological polar surface area (TPSA) is 38.5 Å². The summed E-state index contributed by atoms with van der Waals surface area (Å²) in [4.78, 5) is 2.58. The van der Waals surface area contributed by atoms with Crippen molar-refractivity contribution in [2.75, 3.05) is 20.3 Å². The van der Waals surface area contributed by atoms with Gasteiger partial charge in [0.2, 0.25) is 0 Å². The highest BCUT2D eigenvalue weighted by atomic mass is 32.1. The van der Waals surface area contributed by atoms with Crippen LogP contribution >= 0.6 is 11.3 Å². The van der Waals surface area contributed by atoms with E-state index in [9.17, 15) is 0 Å². The molecule has 1 aromatic rings. The predicted octanol–water partition coefficient (Wildman–Crippen LogP) is 2.47. The number of methoxy groups -OCH3 is 1. The van der Waals surface area contributed by atoms with Crippen molar-refractivity contribution in [2.24, 2.45) is 5.73 Å². The standard InChI is InChI=1S/C14H24N2OS/c1-3-14(10-15,11-17-2)16(13-4-5-13)8-12-6-7-18-9-12/h6-7,9,13H,3-5,8,10-11,15H2,1-2H3. The summed E-state index contributed by atoms with van der Waals surface area (Å²) in [5.74, 6) is 0. The van der Waals surface area contributed by atoms with Gasteiger partial charge < -0.3 is 10.5 Å². The van der Waals surface area contributed by atoms with Crippen LogP contribution < -0.4 is 5.73 Å². The van der Waals surface area contributed by atoms with Gasteiger partial charge in [-0.05, 0) is 41.7 Å². The average Bonchev–Trinajstić information content (AvgIpc) is 3.11. The molecule has 102 valence electrons. The molecule has 0 radical (unpaired) electrons. The molecule has 0 spiro atoms. The molecule has 0 saturated heterocycles. The molecule has 1 heterocycles. The second-order valence-corrected chi connectivity index (χ2v) is 5.99. The number of thiophene rings is 1. The highest BCUT2D eigenvalue weighted by molar-refractivity contribution is 7.07. The summed E-state index contributed by atoms with van der Waals surface area (Å²) in [5.41, 5.74) is 7.48. The van der Waals surface area contributed by atoms with Gasteiger partial charge in [0, 0.05) is 26.2 Å². The van der Waals surface area contributed by atoms with Crippen LogP contribution in [0.15, 0.2) is 16.8 Å². The minimum absolute atomic E-state index is 0.00213. The Labute approximate surface area is 114 Å². The van der Waals surface area contributed by atoms with Crippen LogP contribution in [0.4, 0.5) is 0 Å². The third kappa shape index (κ3) is 2.94. The monoisotopic (exact) mass is 268 g/mol. The van der Waals surface area contributed by atoms with Crippen LogP contribution in [0.3, 0.4) is 0 Å². The Hall–Kier alpha value is -0.420. The molecule has 1 aliphatic carbocycles. The fourth-order valence-electron chi connectivity index (χ4n) is 2.63. The minimum Gasteiger partial charge on any atom is -0.383 e. The number of ether oxygens (including phenoxy) is 1. The predicted molar refractivity (Wildman–Crippen MR) is 76.8 cm³/mol. The van der Waals surface area contributed by atoms with Gasteiger partial charge >= 0.3 is 0 Å². The molecular weight excluding hydrogens is 244 g/mol. The fraction of sp³-hybridized carbons (Fsp3) is 0.714. The first-order chi connectivity index (χ1) is 8.75. The van der Waals surface area contributed by atoms with Crippen molar-refractivity contribution in [3.63, 3.8) is 0 Å². The molecule has 1 saturated carbocycles. The lowest BCUT2D eigenvalue weighted by molar-refractivity contribution is 0.000688. The maximum Gasteiger partial charge on any atom is 0.0659 e. The molecule has 2 rings (SSSR count). The first-order valence-corrected chi connectivity index (χ1v) is 7.67. The van der Waals surface area contributed by atoms with Gasteiger partial charge in [-0.1, -0.05) is 6.92 Å². The van der Waals surface area contributed by atoms with Crippen molar-refractivity contribution in [3.05, 3.63) is 22.4 Å². The normalized spacial score (nSPS) is 19.1. The van der Waals surface area contributed by atoms with Gasteiger partial charge in [0.15, 0.2) is 0 Å². The van der Waals surface area contributed by atoms with Crippen LogP contribution in [0.5, 0.6) is 0 Å². The lowest BCUT2D eigenvalue weighted by Crippen LogP contribution is -2.57. The third-order valence-electron chi connectivity index (χ3n) is 3.98. The molecule has 1 atom stereocenters. The van der Waals surface area contributed by atoms with E-state index >= 15 is 0 Å². The van der Waals surface area contributed by atoms with Crippen molar-refractivity contribution in [3.8, 4) is 0 Å². The van der Waals surface area contributed by atoms with Crippen molar-refractivity contribution < 1.29 is 4.74 Å². The summed E-state index contributed by atoms with van der Waals surface area (Å²) in [5, 5.41) is 4.38. The summed E-state index contributed by atoms with van der Waals surface area (Å²) in [6.07, 6.45) is 3.64. The van der Waals surface area contributed by atoms with E-state index in [1.807, 2.05) is 0 Å². The lowest BCUT2D eigenvalue weighted by atomic mass is 9.93. The molecule has 1 aromatic heterocycles. The minimum atomic E-state index is -0.00213. The van der Waals surface area contributed by atoms with E-state index in [-0.39, 0.29) is 5.54 Å². The highest BCUT2D eigenvalue weighted by Gasteiger charge is 2.42. The van der Waals surface area contributed by atoms with Crippen LogP contribution in [0.2, 0.25) is 0 Å². The SMILES string of the molecule is CCC(CN)(COC)N(Cc1ccsc1)C1CC1. The van der Waals surface area contributed by atoms with E-state index in [0.29, 0.717) is 12.6 Å². The first-order valence-electron chi connectivity index (χ1n) is 6.72. The van der Waals surface area contributed by atoms with Crippen LogP contribution in [-0.4, -0.2) is 36.7 Å². The van der Waals surface area contributed by atoms with Crippen molar-refractivity contribution in [2.45, 2.75) is 44.3 Å². The van der Waals surface area contributed by atoms with E-state index in [0.717, 1.165) is 19.6 Å². The maximum atomic E-state index is 6.08. The number of nitrogens with zero attached hydrogens (tertiary/aromatic N) is 1. The molecule has 0 aromatic carbocycles. The van der Waals surface area contributed by atoms with Gasteiger partial charge in [0.05, 0.1) is 12.1 Å². The second-order valence-electron chi connectivity index (χ2n) is 5.21. The van der Waals surface area contributed by atoms with Gasteiger partial charge in [-0.2, -0.15) is 11.3 Å². The molecule has 0 amide bonds. The summed E-state index contributed by atoms with van der Waals surface area (Å²) in [6, 6.07) is 2.91. The molecule has 3 nitrogen and oxygen atoms in total. The van der Waals surface area contributed by atoms with Gasteiger partial charge in [0.1, 0.15) is 0 Å². The number of hydrogen-bond acceptors (Lipinski definition) is 4. The zero-order valence-corrected chi connectivity index (χ0v) is 12.2. The van der Waals surface area contributed by atoms with Crippen LogP contribution in [0.1, 0.15) is 31.7 Å². The smallest absolute Gasteiger partial charge is 0.0659 e. The van der Waals surface area contributed by atoms with E-state index in [1.54, 1.807) is 18.4 Å². The van der Waals surface area contributed by atoms with Crippen molar-refractivity contribution in [1.82, 2.24) is 4.90 Å². The van der Waals surface area contributed by atoms with E-state index in [4.69, 9.17) is 10.5 Å². The van der Waals surface area contributed by atoms with E-state index in [1.165, 1.54) is 18.4 Å². The Morgan fingerprint density at radius 3 is 2.78 bits per heavy atom. The van der Waals surface area contributed by atoms with Crippen LogP contribution in [0.25, 0.3) is 0 Å². The maximum absolute atomic E-state index is 6.08. The Bertz CT molecular complexity index is 345. The van der Waals surface area contributed by atoms with Gasteiger partial charge in [-0.3, -0.25) is 4.90 Å². The van der Waals surface area contributed by atoms with Crippen LogP contribution in [0, 0.1) is 0 Å². The molecular formula is C14H24N2OS. The van der Waals surface area contributed by atoms with E-state index in [2.05, 4.69) is 28.7 Å². The zero-order chi connectivity index (χ0) is 13.0. The summed E-state index contributed by atoms with van der Waals surface area (Å²) in [7, 11) is 1.77. The van der Waals surface area contributed by atoms with Crippen LogP contribution in [-0.2, 0) is 11.3 Å². The largest absolute Gasteiger partial charge is 0.383 e. The number of hydrogen-bond donors (Lipinski definition) is 1. The average molecular weight is 268 g/mol. The Kier molecular flexibility index (Phi) is 4.78. The quantitative estimate of drug-likeness (QED) is 0.787. The molecule has 0 aliphatic heterocycles. The Morgan fingerprint density at radius 1 is 1.56 bits per heavy atom. The highest BCUT2D eigenvalue weighted by Crippen LogP contribution is 2.36. The summed E-state index contributed by atoms with van der Waals surface area (Å²) < 4.78 is 5.45. The molecule has 1 fully saturated rings. The zero-order valence-electron chi connectivity index (χ0n) is 11.4. The number of nitrogens with two attached hydrogens (primary N) is 1. The first kappa shape index (κ1) is 14.0. The van der Waals surface area contributed by atoms with Crippen molar-refractivity contribution >= 4 is 11.3 Å². The summed E-state index contributed by atoms with van der Waals surface area (Å²) in [6.45, 7) is 4.61. The third-order valence-corrected chi connectivity index (χ3v) is 4.71. The van der Waals surface area contributed by atoms with Gasteiger partial charge in [-0.15, -0.1) is 0 Å². The van der Waals surface area contributed by atoms with Gasteiger partial charge in [-0.25, -0.2) is 0 Å². The molecule has 1 unspecified atom stereocenters. The molecule has 18 heavy (non-hydrogen) atoms. The lowest BCUT2D eigenvalue weighted by Gasteiger charge is -2.42. The molecule has 4 heteroatoms. The number of rotatable bonds is 8. The fourth-order valence-corrected chi connectivity index (χ4v) is 3.29. The second kappa shape index (κ2) is 6.15. The Morgan fingerprint density at radius 2 is 2.33 bits per heavy atom. The Balaban J connectivity index is 2.16. The van der Waals surface area contributed by atoms with Crippen molar-refractivity contribution in [1.29, 1.82) is 0 Å².